The van der Waals surface area contributed by atoms with Gasteiger partial charge in [0.1, 0.15) is 17.6 Å². The number of primary amides is 1. The van der Waals surface area contributed by atoms with Gasteiger partial charge in [-0.1, -0.05) is 18.2 Å². The SMILES string of the molecule is COCCN1C[C@@H](CC(=O)Cc2c(C)c(-c3cnc(C(N)=O)c(C)c3)nn2-c2ccccc2)[C@H](c2ccnc(F)c2)O1. The molecule has 11 heteroatoms. The van der Waals surface area contributed by atoms with Gasteiger partial charge in [-0.05, 0) is 60.9 Å². The normalized spacial score (nSPS) is 17.0. The highest BCUT2D eigenvalue weighted by atomic mass is 19.1. The van der Waals surface area contributed by atoms with Crippen LogP contribution in [0.2, 0.25) is 0 Å². The number of nitrogens with zero attached hydrogens (tertiary/aromatic N) is 5. The molecule has 0 unspecified atom stereocenters. The lowest BCUT2D eigenvalue weighted by molar-refractivity contribution is -0.155. The predicted molar refractivity (Wildman–Crippen MR) is 153 cm³/mol. The standard InChI is InChI=1S/C31H33FN6O4/c1-19-13-22(17-35-28(19)31(33)40)29-20(2)26(38(36-29)24-7-5-4-6-8-24)16-25(39)14-23-18-37(11-12-41-3)42-30(23)21-9-10-34-27(32)15-21/h4-10,13,15,17,23,30H,11-12,14,16,18H2,1-3H3,(H2,33,40)/t23-,30+/m1/s1. The lowest BCUT2D eigenvalue weighted by atomic mass is 9.91. The average molecular weight is 573 g/mol. The Labute approximate surface area is 243 Å². The van der Waals surface area contributed by atoms with Crippen molar-refractivity contribution in [1.82, 2.24) is 24.8 Å². The summed E-state index contributed by atoms with van der Waals surface area (Å²) >= 11 is 0. The van der Waals surface area contributed by atoms with Crippen molar-refractivity contribution >= 4 is 11.7 Å². The topological polar surface area (TPSA) is 125 Å². The Hall–Kier alpha value is -4.32. The summed E-state index contributed by atoms with van der Waals surface area (Å²) in [6, 6.07) is 14.5. The Balaban J connectivity index is 1.44. The van der Waals surface area contributed by atoms with E-state index in [-0.39, 0.29) is 30.2 Å². The van der Waals surface area contributed by atoms with Crippen LogP contribution in [0.15, 0.2) is 60.9 Å². The number of pyridine rings is 2. The lowest BCUT2D eigenvalue weighted by Crippen LogP contribution is -2.24. The van der Waals surface area contributed by atoms with Gasteiger partial charge in [0.15, 0.2) is 0 Å². The number of carbonyl (C=O) groups excluding carboxylic acids is 2. The van der Waals surface area contributed by atoms with Crippen LogP contribution < -0.4 is 5.73 Å². The van der Waals surface area contributed by atoms with Crippen LogP contribution in [0.4, 0.5) is 4.39 Å². The molecule has 0 spiro atoms. The molecule has 1 aliphatic heterocycles. The number of methoxy groups -OCH3 is 1. The fourth-order valence-electron chi connectivity index (χ4n) is 5.39. The van der Waals surface area contributed by atoms with Crippen LogP contribution in [-0.4, -0.2) is 63.3 Å². The molecule has 3 aromatic heterocycles. The number of amides is 1. The molecule has 0 bridgehead atoms. The van der Waals surface area contributed by atoms with E-state index in [1.807, 2.05) is 43.3 Å². The maximum atomic E-state index is 14.0. The molecule has 1 aliphatic rings. The summed E-state index contributed by atoms with van der Waals surface area (Å²) in [6.07, 6.45) is 2.84. The molecule has 2 N–H and O–H groups in total. The second kappa shape index (κ2) is 12.7. The molecule has 1 aromatic carbocycles. The van der Waals surface area contributed by atoms with E-state index in [1.165, 1.54) is 12.3 Å². The highest BCUT2D eigenvalue weighted by Gasteiger charge is 2.37. The Kier molecular flexibility index (Phi) is 8.81. The second-order valence-electron chi connectivity index (χ2n) is 10.4. The van der Waals surface area contributed by atoms with Crippen LogP contribution in [0, 0.1) is 25.7 Å². The fourth-order valence-corrected chi connectivity index (χ4v) is 5.39. The fraction of sp³-hybridized carbons (Fsp3) is 0.323. The van der Waals surface area contributed by atoms with Crippen LogP contribution in [0.25, 0.3) is 16.9 Å². The van der Waals surface area contributed by atoms with Crippen molar-refractivity contribution in [2.75, 3.05) is 26.8 Å². The van der Waals surface area contributed by atoms with Gasteiger partial charge in [-0.3, -0.25) is 19.4 Å². The van der Waals surface area contributed by atoms with Gasteiger partial charge in [0.25, 0.3) is 5.91 Å². The minimum atomic E-state index is -0.597. The van der Waals surface area contributed by atoms with Gasteiger partial charge in [-0.25, -0.2) is 9.67 Å². The van der Waals surface area contributed by atoms with Crippen LogP contribution >= 0.6 is 0 Å². The molecule has 10 nitrogen and oxygen atoms in total. The van der Waals surface area contributed by atoms with Crippen LogP contribution in [0.3, 0.4) is 0 Å². The maximum absolute atomic E-state index is 14.0. The molecule has 5 rings (SSSR count). The maximum Gasteiger partial charge on any atom is 0.267 e. The number of ether oxygens (including phenoxy) is 1. The van der Waals surface area contributed by atoms with Gasteiger partial charge < -0.3 is 10.5 Å². The number of hydroxylamine groups is 2. The Morgan fingerprint density at radius 3 is 2.62 bits per heavy atom. The van der Waals surface area contributed by atoms with Gasteiger partial charge >= 0.3 is 0 Å². The summed E-state index contributed by atoms with van der Waals surface area (Å²) in [7, 11) is 1.61. The first-order chi connectivity index (χ1) is 20.2. The zero-order valence-electron chi connectivity index (χ0n) is 23.8. The van der Waals surface area contributed by atoms with Crippen LogP contribution in [-0.2, 0) is 20.8 Å². The Morgan fingerprint density at radius 2 is 1.93 bits per heavy atom. The number of hydrogen-bond donors (Lipinski definition) is 1. The number of halogens is 1. The first-order valence-electron chi connectivity index (χ1n) is 13.7. The van der Waals surface area contributed by atoms with Crippen molar-refractivity contribution in [2.24, 2.45) is 11.7 Å². The van der Waals surface area contributed by atoms with E-state index in [9.17, 15) is 14.0 Å². The monoisotopic (exact) mass is 572 g/mol. The number of hydrogen-bond acceptors (Lipinski definition) is 8. The summed E-state index contributed by atoms with van der Waals surface area (Å²) in [4.78, 5) is 39.5. The number of para-hydroxylation sites is 1. The molecule has 2 atom stereocenters. The summed E-state index contributed by atoms with van der Waals surface area (Å²) in [5.74, 6) is -1.39. The third kappa shape index (κ3) is 6.28. The molecule has 1 saturated heterocycles. The van der Waals surface area contributed by atoms with E-state index in [2.05, 4.69) is 9.97 Å². The molecule has 4 aromatic rings. The molecule has 4 heterocycles. The second-order valence-corrected chi connectivity index (χ2v) is 10.4. The summed E-state index contributed by atoms with van der Waals surface area (Å²) in [6.45, 7) is 5.19. The van der Waals surface area contributed by atoms with E-state index in [0.717, 1.165) is 22.5 Å². The number of carbonyl (C=O) groups is 2. The van der Waals surface area contributed by atoms with Crippen molar-refractivity contribution in [2.45, 2.75) is 32.8 Å². The quantitative estimate of drug-likeness (QED) is 0.268. The third-order valence-corrected chi connectivity index (χ3v) is 7.44. The smallest absolute Gasteiger partial charge is 0.267 e. The molecule has 1 fully saturated rings. The molecule has 42 heavy (non-hydrogen) atoms. The largest absolute Gasteiger partial charge is 0.383 e. The first kappa shape index (κ1) is 29.2. The van der Waals surface area contributed by atoms with E-state index in [0.29, 0.717) is 36.5 Å². The van der Waals surface area contributed by atoms with Crippen LogP contribution in [0.1, 0.15) is 45.4 Å². The number of Topliss-reactive ketones (excluding diaryl/α,β-unsaturated/α-hetero) is 1. The number of ketones is 1. The van der Waals surface area contributed by atoms with Gasteiger partial charge in [0.2, 0.25) is 5.95 Å². The van der Waals surface area contributed by atoms with Crippen LogP contribution in [0.5, 0.6) is 0 Å². The van der Waals surface area contributed by atoms with E-state index >= 15 is 0 Å². The van der Waals surface area contributed by atoms with E-state index < -0.39 is 18.0 Å². The first-order valence-corrected chi connectivity index (χ1v) is 13.7. The molecule has 0 radical (unpaired) electrons. The van der Waals surface area contributed by atoms with E-state index in [4.69, 9.17) is 20.4 Å². The Morgan fingerprint density at radius 1 is 1.14 bits per heavy atom. The highest BCUT2D eigenvalue weighted by molar-refractivity contribution is 5.92. The predicted octanol–water partition coefficient (Wildman–Crippen LogP) is 3.94. The van der Waals surface area contributed by atoms with Gasteiger partial charge in [-0.15, -0.1) is 0 Å². The summed E-state index contributed by atoms with van der Waals surface area (Å²) in [5, 5.41) is 6.65. The highest BCUT2D eigenvalue weighted by Crippen LogP contribution is 2.37. The van der Waals surface area contributed by atoms with Gasteiger partial charge in [-0.2, -0.15) is 14.6 Å². The lowest BCUT2D eigenvalue weighted by Gasteiger charge is -2.17. The molecule has 218 valence electrons. The molecule has 0 saturated carbocycles. The zero-order chi connectivity index (χ0) is 29.8. The number of benzene rings is 1. The van der Waals surface area contributed by atoms with Crippen molar-refractivity contribution in [3.05, 3.63) is 95.0 Å². The third-order valence-electron chi connectivity index (χ3n) is 7.44. The van der Waals surface area contributed by atoms with Crippen molar-refractivity contribution in [3.8, 4) is 16.9 Å². The van der Waals surface area contributed by atoms with Gasteiger partial charge in [0.05, 0.1) is 23.7 Å². The van der Waals surface area contributed by atoms with Crippen molar-refractivity contribution < 1.29 is 23.6 Å². The minimum absolute atomic E-state index is 0.00170. The molecule has 1 amide bonds. The number of aromatic nitrogens is 4. The molecule has 0 aliphatic carbocycles. The van der Waals surface area contributed by atoms with E-state index in [1.54, 1.807) is 36.0 Å². The number of aryl methyl sites for hydroxylation is 1. The number of nitrogens with two attached hydrogens (primary N) is 1. The summed E-state index contributed by atoms with van der Waals surface area (Å²) < 4.78 is 21.0. The number of rotatable bonds is 11. The summed E-state index contributed by atoms with van der Waals surface area (Å²) in [5.41, 5.74) is 10.7. The van der Waals surface area contributed by atoms with Crippen molar-refractivity contribution in [3.63, 3.8) is 0 Å². The molecular formula is C31H33FN6O4. The average Bonchev–Trinajstić information content (AvgIpc) is 3.52. The van der Waals surface area contributed by atoms with Crippen molar-refractivity contribution in [1.29, 1.82) is 0 Å². The minimum Gasteiger partial charge on any atom is -0.383 e. The molecular weight excluding hydrogens is 539 g/mol. The Bertz CT molecular complexity index is 1590. The van der Waals surface area contributed by atoms with Gasteiger partial charge in [0, 0.05) is 56.9 Å². The zero-order valence-corrected chi connectivity index (χ0v) is 23.8.